The van der Waals surface area contributed by atoms with Gasteiger partial charge in [0.25, 0.3) is 0 Å². The fourth-order valence-electron chi connectivity index (χ4n) is 0.457. The van der Waals surface area contributed by atoms with Gasteiger partial charge in [-0.3, -0.25) is 0 Å². The second-order valence-electron chi connectivity index (χ2n) is 1.72. The van der Waals surface area contributed by atoms with Crippen LogP contribution >= 0.6 is 0 Å². The highest BCUT2D eigenvalue weighted by molar-refractivity contribution is 7.86. The van der Waals surface area contributed by atoms with Gasteiger partial charge in [-0.1, -0.05) is 6.58 Å². The van der Waals surface area contributed by atoms with Crippen molar-refractivity contribution < 1.29 is 17.3 Å². The molecule has 0 aromatic carbocycles. The fourth-order valence-corrected chi connectivity index (χ4v) is 1.08. The molecular formula is C6H12O4S. The van der Waals surface area contributed by atoms with Crippen molar-refractivity contribution >= 4 is 10.1 Å². The van der Waals surface area contributed by atoms with E-state index in [2.05, 4.69) is 10.8 Å². The van der Waals surface area contributed by atoms with Crippen LogP contribution in [0.3, 0.4) is 0 Å². The smallest absolute Gasteiger partial charge is 0.310 e. The lowest BCUT2D eigenvalue weighted by Crippen LogP contribution is -2.12. The molecule has 0 fully saturated rings. The van der Waals surface area contributed by atoms with Gasteiger partial charge in [0.05, 0.1) is 12.9 Å². The van der Waals surface area contributed by atoms with E-state index in [1.807, 2.05) is 0 Å². The number of ether oxygens (including phenoxy) is 1. The number of hydrogen-bond donors (Lipinski definition) is 0. The summed E-state index contributed by atoms with van der Waals surface area (Å²) in [5.41, 5.74) is 0. The van der Waals surface area contributed by atoms with E-state index in [0.29, 0.717) is 6.61 Å². The second kappa shape index (κ2) is 5.15. The van der Waals surface area contributed by atoms with E-state index in [1.54, 1.807) is 6.92 Å². The molecule has 0 aliphatic carbocycles. The zero-order chi connectivity index (χ0) is 8.74. The number of hydrogen-bond acceptors (Lipinski definition) is 4. The van der Waals surface area contributed by atoms with Crippen molar-refractivity contribution in [3.63, 3.8) is 0 Å². The van der Waals surface area contributed by atoms with Gasteiger partial charge in [-0.25, -0.2) is 0 Å². The van der Waals surface area contributed by atoms with Gasteiger partial charge in [-0.05, 0) is 6.92 Å². The maximum Gasteiger partial charge on any atom is 0.310 e. The Hall–Kier alpha value is -0.550. The molecule has 11 heavy (non-hydrogen) atoms. The maximum atomic E-state index is 10.7. The van der Waals surface area contributed by atoms with E-state index in [0.717, 1.165) is 6.26 Å². The minimum absolute atomic E-state index is 0.132. The maximum absolute atomic E-state index is 10.7. The van der Waals surface area contributed by atoms with Gasteiger partial charge in [0.1, 0.15) is 5.75 Å². The normalized spacial score (nSPS) is 11.0. The first-order valence-corrected chi connectivity index (χ1v) is 4.79. The first-order chi connectivity index (χ1) is 5.12. The van der Waals surface area contributed by atoms with Crippen molar-refractivity contribution in [1.29, 1.82) is 0 Å². The topological polar surface area (TPSA) is 52.6 Å². The minimum atomic E-state index is -3.45. The van der Waals surface area contributed by atoms with Crippen LogP contribution in [0.25, 0.3) is 0 Å². The van der Waals surface area contributed by atoms with E-state index in [4.69, 9.17) is 4.74 Å². The lowest BCUT2D eigenvalue weighted by Gasteiger charge is -2.01. The monoisotopic (exact) mass is 180 g/mol. The summed E-state index contributed by atoms with van der Waals surface area (Å²) in [6, 6.07) is 0. The van der Waals surface area contributed by atoms with Crippen LogP contribution in [0.15, 0.2) is 12.8 Å². The molecule has 0 aliphatic rings. The van der Waals surface area contributed by atoms with Gasteiger partial charge in [0.15, 0.2) is 0 Å². The quantitative estimate of drug-likeness (QED) is 0.339. The molecule has 4 nitrogen and oxygen atoms in total. The van der Waals surface area contributed by atoms with E-state index in [1.165, 1.54) is 0 Å². The van der Waals surface area contributed by atoms with Crippen molar-refractivity contribution in [2.75, 3.05) is 19.0 Å². The molecule has 0 spiro atoms. The van der Waals surface area contributed by atoms with Crippen LogP contribution < -0.4 is 0 Å². The highest BCUT2D eigenvalue weighted by Crippen LogP contribution is 1.92. The van der Waals surface area contributed by atoms with Gasteiger partial charge in [-0.2, -0.15) is 8.42 Å². The molecule has 0 saturated carbocycles. The minimum Gasteiger partial charge on any atom is -0.391 e. The lowest BCUT2D eigenvalue weighted by atomic mass is 10.8. The Balaban J connectivity index is 3.65. The van der Waals surface area contributed by atoms with Gasteiger partial charge in [0.2, 0.25) is 0 Å². The van der Waals surface area contributed by atoms with Crippen molar-refractivity contribution in [3.8, 4) is 0 Å². The summed E-state index contributed by atoms with van der Waals surface area (Å²) in [4.78, 5) is 0. The molecule has 0 bridgehead atoms. The van der Waals surface area contributed by atoms with Crippen LogP contribution in [-0.4, -0.2) is 27.4 Å². The third-order valence-electron chi connectivity index (χ3n) is 0.896. The summed E-state index contributed by atoms with van der Waals surface area (Å²) in [5, 5.41) is 0. The molecule has 0 aromatic heterocycles. The fraction of sp³-hybridized carbons (Fsp3) is 0.667. The van der Waals surface area contributed by atoms with E-state index >= 15 is 0 Å². The zero-order valence-electron chi connectivity index (χ0n) is 6.45. The van der Waals surface area contributed by atoms with Crippen LogP contribution in [0.4, 0.5) is 0 Å². The molecule has 0 aromatic rings. The van der Waals surface area contributed by atoms with E-state index in [9.17, 15) is 8.42 Å². The van der Waals surface area contributed by atoms with Crippen LogP contribution in [0.1, 0.15) is 6.92 Å². The Morgan fingerprint density at radius 3 is 2.64 bits per heavy atom. The molecule has 0 atom stereocenters. The lowest BCUT2D eigenvalue weighted by molar-refractivity contribution is 0.162. The largest absolute Gasteiger partial charge is 0.391 e. The highest BCUT2D eigenvalue weighted by atomic mass is 32.2. The van der Waals surface area contributed by atoms with Crippen molar-refractivity contribution in [2.45, 2.75) is 6.92 Å². The molecule has 0 aliphatic heterocycles. The molecule has 66 valence electrons. The molecule has 0 heterocycles. The third-order valence-corrected chi connectivity index (χ3v) is 1.99. The standard InChI is InChI=1S/C6H12O4S/c1-3-9-5-6-11(7,8)10-4-2/h4H,2-3,5-6H2,1H3. The highest BCUT2D eigenvalue weighted by Gasteiger charge is 2.07. The Morgan fingerprint density at radius 2 is 2.18 bits per heavy atom. The molecule has 0 radical (unpaired) electrons. The molecule has 5 heteroatoms. The Bertz CT molecular complexity index is 195. The van der Waals surface area contributed by atoms with E-state index in [-0.39, 0.29) is 12.4 Å². The second-order valence-corrected chi connectivity index (χ2v) is 3.44. The predicted octanol–water partition coefficient (Wildman–Crippen LogP) is 0.513. The van der Waals surface area contributed by atoms with Crippen molar-refractivity contribution in [2.24, 2.45) is 0 Å². The Morgan fingerprint density at radius 1 is 1.55 bits per heavy atom. The van der Waals surface area contributed by atoms with Gasteiger partial charge >= 0.3 is 10.1 Å². The van der Waals surface area contributed by atoms with Crippen LogP contribution in [0.2, 0.25) is 0 Å². The van der Waals surface area contributed by atoms with Gasteiger partial charge < -0.3 is 8.92 Å². The average Bonchev–Trinajstić information content (AvgIpc) is 1.87. The summed E-state index contributed by atoms with van der Waals surface area (Å²) < 4.78 is 30.5. The third kappa shape index (κ3) is 5.87. The number of rotatable bonds is 6. The van der Waals surface area contributed by atoms with Gasteiger partial charge in [0, 0.05) is 6.61 Å². The van der Waals surface area contributed by atoms with Crippen molar-refractivity contribution in [3.05, 3.63) is 12.8 Å². The molecule has 0 amide bonds. The van der Waals surface area contributed by atoms with Crippen LogP contribution in [0, 0.1) is 0 Å². The summed E-state index contributed by atoms with van der Waals surface area (Å²) in [7, 11) is -3.45. The zero-order valence-corrected chi connectivity index (χ0v) is 7.26. The first kappa shape index (κ1) is 10.4. The molecule has 0 N–H and O–H groups in total. The first-order valence-electron chi connectivity index (χ1n) is 3.22. The predicted molar refractivity (Wildman–Crippen MR) is 41.6 cm³/mol. The van der Waals surface area contributed by atoms with Crippen LogP contribution in [0.5, 0.6) is 0 Å². The summed E-state index contributed by atoms with van der Waals surface area (Å²) in [6.07, 6.45) is 0.890. The van der Waals surface area contributed by atoms with E-state index < -0.39 is 10.1 Å². The average molecular weight is 180 g/mol. The Kier molecular flexibility index (Phi) is 4.89. The molecule has 0 unspecified atom stereocenters. The SMILES string of the molecule is C=COS(=O)(=O)CCOCC. The summed E-state index contributed by atoms with van der Waals surface area (Å²) in [5.74, 6) is -0.132. The summed E-state index contributed by atoms with van der Waals surface area (Å²) >= 11 is 0. The van der Waals surface area contributed by atoms with Crippen molar-refractivity contribution in [1.82, 2.24) is 0 Å². The molecule has 0 saturated heterocycles. The Labute approximate surface area is 66.9 Å². The molecular weight excluding hydrogens is 168 g/mol. The van der Waals surface area contributed by atoms with Gasteiger partial charge in [-0.15, -0.1) is 0 Å². The molecule has 0 rings (SSSR count). The summed E-state index contributed by atoms with van der Waals surface area (Å²) in [6.45, 7) is 5.59. The van der Waals surface area contributed by atoms with Crippen LogP contribution in [-0.2, 0) is 19.0 Å².